The van der Waals surface area contributed by atoms with Gasteiger partial charge in [-0.2, -0.15) is 21.6 Å². The van der Waals surface area contributed by atoms with Gasteiger partial charge in [-0.05, 0) is 31.2 Å². The molecule has 9 nitrogen and oxygen atoms in total. The van der Waals surface area contributed by atoms with Gasteiger partial charge in [0.25, 0.3) is 15.8 Å². The number of likely N-dealkylation sites (N-methyl/N-ethyl adjacent to an activating group) is 1. The molecule has 0 amide bonds. The van der Waals surface area contributed by atoms with E-state index in [1.807, 2.05) is 6.92 Å². The Bertz CT molecular complexity index is 992. The SMILES string of the molecule is Cc1ccc(S(=O)(=O)OCCN(C)c2ccc([N+](=O)[O-])cc2)cc1.O=C(O)C(F)(F)F. The second kappa shape index (κ2) is 10.7. The predicted octanol–water partition coefficient (Wildman–Crippen LogP) is 3.38. The molecule has 1 N–H and O–H groups in total. The lowest BCUT2D eigenvalue weighted by Gasteiger charge is -2.18. The van der Waals surface area contributed by atoms with E-state index in [4.69, 9.17) is 14.1 Å². The molecule has 0 bridgehead atoms. The van der Waals surface area contributed by atoms with Crippen molar-refractivity contribution in [2.24, 2.45) is 0 Å². The van der Waals surface area contributed by atoms with Gasteiger partial charge in [-0.3, -0.25) is 14.3 Å². The standard InChI is InChI=1S/C16H18N2O5S.C2HF3O2/c1-13-3-9-16(10-4-13)24(21,22)23-12-11-17(2)14-5-7-15(8-6-14)18(19)20;3-2(4,5)1(6)7/h3-10H,11-12H2,1-2H3;(H,6,7). The van der Waals surface area contributed by atoms with Gasteiger partial charge in [-0.25, -0.2) is 4.79 Å². The van der Waals surface area contributed by atoms with Crippen LogP contribution in [0, 0.1) is 17.0 Å². The molecule has 2 aromatic carbocycles. The van der Waals surface area contributed by atoms with E-state index >= 15 is 0 Å². The molecule has 0 saturated heterocycles. The van der Waals surface area contributed by atoms with Crippen LogP contribution in [0.4, 0.5) is 24.5 Å². The lowest BCUT2D eigenvalue weighted by Crippen LogP contribution is -2.24. The summed E-state index contributed by atoms with van der Waals surface area (Å²) in [5.74, 6) is -2.76. The Balaban J connectivity index is 0.000000592. The summed E-state index contributed by atoms with van der Waals surface area (Å²) in [6.07, 6.45) is -5.08. The first-order chi connectivity index (χ1) is 14.2. The number of alkyl halides is 3. The van der Waals surface area contributed by atoms with E-state index in [0.717, 1.165) is 11.3 Å². The summed E-state index contributed by atoms with van der Waals surface area (Å²) in [5.41, 5.74) is 1.70. The fourth-order valence-electron chi connectivity index (χ4n) is 2.01. The lowest BCUT2D eigenvalue weighted by molar-refractivity contribution is -0.384. The molecule has 0 atom stereocenters. The molecule has 13 heteroatoms. The molecule has 2 rings (SSSR count). The quantitative estimate of drug-likeness (QED) is 0.375. The molecule has 0 unspecified atom stereocenters. The second-order valence-electron chi connectivity index (χ2n) is 6.09. The highest BCUT2D eigenvalue weighted by Crippen LogP contribution is 2.19. The number of hydrogen-bond donors (Lipinski definition) is 1. The Morgan fingerprint density at radius 1 is 1.13 bits per heavy atom. The molecule has 0 aliphatic rings. The number of aryl methyl sites for hydroxylation is 1. The Morgan fingerprint density at radius 2 is 1.61 bits per heavy atom. The summed E-state index contributed by atoms with van der Waals surface area (Å²) in [4.78, 5) is 20.9. The van der Waals surface area contributed by atoms with Crippen molar-refractivity contribution in [3.05, 3.63) is 64.2 Å². The third-order valence-electron chi connectivity index (χ3n) is 3.72. The van der Waals surface area contributed by atoms with Crippen LogP contribution in [0.5, 0.6) is 0 Å². The van der Waals surface area contributed by atoms with Gasteiger partial charge in [0.15, 0.2) is 0 Å². The highest BCUT2D eigenvalue weighted by Gasteiger charge is 2.38. The number of nitro groups is 1. The van der Waals surface area contributed by atoms with E-state index in [2.05, 4.69) is 0 Å². The van der Waals surface area contributed by atoms with Crippen molar-refractivity contribution in [1.29, 1.82) is 0 Å². The molecule has 170 valence electrons. The maximum Gasteiger partial charge on any atom is 0.490 e. The Kier molecular flexibility index (Phi) is 8.94. The number of benzene rings is 2. The third-order valence-corrected chi connectivity index (χ3v) is 5.05. The summed E-state index contributed by atoms with van der Waals surface area (Å²) in [7, 11) is -2.04. The minimum atomic E-state index is -5.08. The highest BCUT2D eigenvalue weighted by atomic mass is 32.2. The number of aliphatic carboxylic acids is 1. The first kappa shape index (κ1) is 25.8. The third kappa shape index (κ3) is 8.60. The van der Waals surface area contributed by atoms with Crippen molar-refractivity contribution < 1.29 is 40.6 Å². The monoisotopic (exact) mass is 464 g/mol. The lowest BCUT2D eigenvalue weighted by atomic mass is 10.2. The van der Waals surface area contributed by atoms with Crippen LogP contribution >= 0.6 is 0 Å². The van der Waals surface area contributed by atoms with Crippen LogP contribution in [0.2, 0.25) is 0 Å². The molecule has 0 aliphatic carbocycles. The van der Waals surface area contributed by atoms with Gasteiger partial charge >= 0.3 is 12.1 Å². The van der Waals surface area contributed by atoms with E-state index in [-0.39, 0.29) is 17.2 Å². The van der Waals surface area contributed by atoms with E-state index in [9.17, 15) is 31.7 Å². The number of nitrogens with zero attached hydrogens (tertiary/aromatic N) is 2. The molecular formula is C18H19F3N2O7S. The summed E-state index contributed by atoms with van der Waals surface area (Å²) in [5, 5.41) is 17.8. The second-order valence-corrected chi connectivity index (χ2v) is 7.70. The van der Waals surface area contributed by atoms with Crippen molar-refractivity contribution in [3.63, 3.8) is 0 Å². The van der Waals surface area contributed by atoms with E-state index in [1.165, 1.54) is 24.3 Å². The Labute approximate surface area is 175 Å². The molecule has 0 spiro atoms. The van der Waals surface area contributed by atoms with Crippen LogP contribution in [0.15, 0.2) is 53.4 Å². The van der Waals surface area contributed by atoms with Crippen LogP contribution in [-0.4, -0.2) is 50.8 Å². The van der Waals surface area contributed by atoms with E-state index in [1.54, 1.807) is 36.2 Å². The number of rotatable bonds is 7. The number of nitro benzene ring substituents is 1. The molecule has 31 heavy (non-hydrogen) atoms. The van der Waals surface area contributed by atoms with Crippen molar-refractivity contribution in [2.75, 3.05) is 25.1 Å². The average molecular weight is 464 g/mol. The minimum absolute atomic E-state index is 0.00495. The molecule has 0 fully saturated rings. The van der Waals surface area contributed by atoms with Gasteiger partial charge in [-0.15, -0.1) is 0 Å². The summed E-state index contributed by atoms with van der Waals surface area (Å²) >= 11 is 0. The smallest absolute Gasteiger partial charge is 0.475 e. The van der Waals surface area contributed by atoms with Gasteiger partial charge < -0.3 is 10.0 Å². The Morgan fingerprint density at radius 3 is 2.03 bits per heavy atom. The fraction of sp³-hybridized carbons (Fsp3) is 0.278. The maximum atomic E-state index is 12.1. The molecule has 0 heterocycles. The number of hydrogen-bond acceptors (Lipinski definition) is 7. The molecule has 0 aliphatic heterocycles. The molecule has 2 aromatic rings. The van der Waals surface area contributed by atoms with Crippen LogP contribution < -0.4 is 4.90 Å². The number of carboxylic acid groups (broad SMARTS) is 1. The van der Waals surface area contributed by atoms with Crippen molar-refractivity contribution in [2.45, 2.75) is 18.0 Å². The van der Waals surface area contributed by atoms with Crippen LogP contribution in [-0.2, 0) is 19.1 Å². The number of carboxylic acids is 1. The average Bonchev–Trinajstić information content (AvgIpc) is 2.68. The minimum Gasteiger partial charge on any atom is -0.475 e. The number of carbonyl (C=O) groups is 1. The molecule has 0 saturated carbocycles. The van der Waals surface area contributed by atoms with Crippen LogP contribution in [0.3, 0.4) is 0 Å². The molecule has 0 radical (unpaired) electrons. The van der Waals surface area contributed by atoms with E-state index in [0.29, 0.717) is 6.54 Å². The molecular weight excluding hydrogens is 445 g/mol. The zero-order valence-corrected chi connectivity index (χ0v) is 17.2. The largest absolute Gasteiger partial charge is 0.490 e. The highest BCUT2D eigenvalue weighted by molar-refractivity contribution is 7.86. The van der Waals surface area contributed by atoms with Crippen molar-refractivity contribution >= 4 is 27.5 Å². The fourth-order valence-corrected chi connectivity index (χ4v) is 2.91. The normalized spacial score (nSPS) is 11.3. The molecule has 0 aromatic heterocycles. The maximum absolute atomic E-state index is 12.1. The predicted molar refractivity (Wildman–Crippen MR) is 104 cm³/mol. The van der Waals surface area contributed by atoms with E-state index < -0.39 is 27.2 Å². The van der Waals surface area contributed by atoms with Gasteiger partial charge in [0.05, 0.1) is 16.4 Å². The van der Waals surface area contributed by atoms with Crippen molar-refractivity contribution in [3.8, 4) is 0 Å². The Hall–Kier alpha value is -3.19. The van der Waals surface area contributed by atoms with Gasteiger partial charge in [0.2, 0.25) is 0 Å². The van der Waals surface area contributed by atoms with Gasteiger partial charge in [0.1, 0.15) is 0 Å². The number of halogens is 3. The van der Waals surface area contributed by atoms with Crippen LogP contribution in [0.1, 0.15) is 5.56 Å². The topological polar surface area (TPSA) is 127 Å². The summed E-state index contributed by atoms with van der Waals surface area (Å²) in [6, 6.07) is 12.4. The summed E-state index contributed by atoms with van der Waals surface area (Å²) in [6.45, 7) is 2.17. The number of anilines is 1. The zero-order valence-electron chi connectivity index (χ0n) is 16.4. The zero-order chi connectivity index (χ0) is 23.8. The van der Waals surface area contributed by atoms with Gasteiger partial charge in [-0.1, -0.05) is 17.7 Å². The van der Waals surface area contributed by atoms with Gasteiger partial charge in [0, 0.05) is 31.4 Å². The van der Waals surface area contributed by atoms with Crippen molar-refractivity contribution in [1.82, 2.24) is 0 Å². The first-order valence-electron chi connectivity index (χ1n) is 8.46. The first-order valence-corrected chi connectivity index (χ1v) is 9.86. The summed E-state index contributed by atoms with van der Waals surface area (Å²) < 4.78 is 60.9. The number of non-ortho nitro benzene ring substituents is 1. The van der Waals surface area contributed by atoms with Crippen LogP contribution in [0.25, 0.3) is 0 Å².